The van der Waals surface area contributed by atoms with Crippen LogP contribution in [0.3, 0.4) is 0 Å². The number of nitrogens with one attached hydrogen (secondary N) is 1. The summed E-state index contributed by atoms with van der Waals surface area (Å²) in [5.74, 6) is -1.03. The predicted octanol–water partition coefficient (Wildman–Crippen LogP) is 3.12. The van der Waals surface area contributed by atoms with E-state index < -0.39 is 11.6 Å². The van der Waals surface area contributed by atoms with Gasteiger partial charge in [-0.25, -0.2) is 8.78 Å². The minimum absolute atomic E-state index is 0.101. The summed E-state index contributed by atoms with van der Waals surface area (Å²) in [5.41, 5.74) is 1.63. The first-order valence-electron chi connectivity index (χ1n) is 6.75. The van der Waals surface area contributed by atoms with Crippen molar-refractivity contribution in [2.24, 2.45) is 0 Å². The van der Waals surface area contributed by atoms with Gasteiger partial charge in [0, 0.05) is 24.5 Å². The lowest BCUT2D eigenvalue weighted by Crippen LogP contribution is -2.33. The Morgan fingerprint density at radius 1 is 1.20 bits per heavy atom. The van der Waals surface area contributed by atoms with Crippen LogP contribution in [0.25, 0.3) is 0 Å². The van der Waals surface area contributed by atoms with E-state index in [9.17, 15) is 8.78 Å². The first-order valence-corrected chi connectivity index (χ1v) is 6.75. The van der Waals surface area contributed by atoms with E-state index in [1.54, 1.807) is 6.20 Å². The number of hydrogen-bond acceptors (Lipinski definition) is 2. The Labute approximate surface area is 117 Å². The SMILES string of the molecule is CCNC(Cc1cccnc1)Cc1ccc(F)cc1F. The molecule has 0 saturated heterocycles. The van der Waals surface area contributed by atoms with Crippen LogP contribution in [-0.2, 0) is 12.8 Å². The average Bonchev–Trinajstić information content (AvgIpc) is 2.43. The fraction of sp³-hybridized carbons (Fsp3) is 0.312. The van der Waals surface area contributed by atoms with Gasteiger partial charge in [0.25, 0.3) is 0 Å². The van der Waals surface area contributed by atoms with Crippen molar-refractivity contribution in [3.8, 4) is 0 Å². The number of benzene rings is 1. The Balaban J connectivity index is 2.09. The van der Waals surface area contributed by atoms with Crippen molar-refractivity contribution in [2.75, 3.05) is 6.54 Å². The van der Waals surface area contributed by atoms with E-state index in [4.69, 9.17) is 0 Å². The van der Waals surface area contributed by atoms with E-state index in [-0.39, 0.29) is 6.04 Å². The maximum absolute atomic E-state index is 13.7. The van der Waals surface area contributed by atoms with Crippen LogP contribution in [0.15, 0.2) is 42.7 Å². The van der Waals surface area contributed by atoms with Gasteiger partial charge in [0.2, 0.25) is 0 Å². The van der Waals surface area contributed by atoms with Crippen LogP contribution >= 0.6 is 0 Å². The van der Waals surface area contributed by atoms with E-state index in [1.807, 2.05) is 25.3 Å². The number of halogens is 2. The minimum Gasteiger partial charge on any atom is -0.314 e. The summed E-state index contributed by atoms with van der Waals surface area (Å²) in [4.78, 5) is 4.08. The molecule has 106 valence electrons. The molecular formula is C16H18F2N2. The van der Waals surface area contributed by atoms with Gasteiger partial charge in [0.05, 0.1) is 0 Å². The smallest absolute Gasteiger partial charge is 0.129 e. The zero-order valence-corrected chi connectivity index (χ0v) is 11.4. The van der Waals surface area contributed by atoms with E-state index in [2.05, 4.69) is 10.3 Å². The molecule has 0 fully saturated rings. The molecule has 0 amide bonds. The second-order valence-corrected chi connectivity index (χ2v) is 4.76. The third-order valence-electron chi connectivity index (χ3n) is 3.18. The molecule has 1 N–H and O–H groups in total. The fourth-order valence-electron chi connectivity index (χ4n) is 2.26. The topological polar surface area (TPSA) is 24.9 Å². The lowest BCUT2D eigenvalue weighted by molar-refractivity contribution is 0.501. The fourth-order valence-corrected chi connectivity index (χ4v) is 2.26. The maximum atomic E-state index is 13.7. The van der Waals surface area contributed by atoms with Gasteiger partial charge < -0.3 is 5.32 Å². The zero-order valence-electron chi connectivity index (χ0n) is 11.4. The minimum atomic E-state index is -0.543. The third-order valence-corrected chi connectivity index (χ3v) is 3.18. The molecule has 20 heavy (non-hydrogen) atoms. The Morgan fingerprint density at radius 3 is 2.70 bits per heavy atom. The summed E-state index contributed by atoms with van der Waals surface area (Å²) in [5, 5.41) is 3.33. The summed E-state index contributed by atoms with van der Waals surface area (Å²) in [6, 6.07) is 7.73. The summed E-state index contributed by atoms with van der Waals surface area (Å²) in [6.45, 7) is 2.81. The highest BCUT2D eigenvalue weighted by Gasteiger charge is 2.13. The van der Waals surface area contributed by atoms with Crippen LogP contribution in [0, 0.1) is 11.6 Å². The monoisotopic (exact) mass is 276 g/mol. The molecule has 2 nitrogen and oxygen atoms in total. The molecule has 2 rings (SSSR count). The quantitative estimate of drug-likeness (QED) is 0.877. The van der Waals surface area contributed by atoms with Gasteiger partial charge in [0.1, 0.15) is 11.6 Å². The van der Waals surface area contributed by atoms with Crippen molar-refractivity contribution < 1.29 is 8.78 Å². The Bertz CT molecular complexity index is 543. The van der Waals surface area contributed by atoms with Gasteiger partial charge >= 0.3 is 0 Å². The van der Waals surface area contributed by atoms with Crippen LogP contribution in [0.2, 0.25) is 0 Å². The average molecular weight is 276 g/mol. The zero-order chi connectivity index (χ0) is 14.4. The highest BCUT2D eigenvalue weighted by molar-refractivity contribution is 5.20. The maximum Gasteiger partial charge on any atom is 0.129 e. The molecule has 1 aromatic carbocycles. The summed E-state index contributed by atoms with van der Waals surface area (Å²) in [6.07, 6.45) is 4.82. The van der Waals surface area contributed by atoms with Crippen LogP contribution in [0.5, 0.6) is 0 Å². The standard InChI is InChI=1S/C16H18F2N2/c1-2-20-15(8-12-4-3-7-19-11-12)9-13-5-6-14(17)10-16(13)18/h3-7,10-11,15,20H,2,8-9H2,1H3. The largest absolute Gasteiger partial charge is 0.314 e. The van der Waals surface area contributed by atoms with Crippen molar-refractivity contribution in [3.05, 3.63) is 65.5 Å². The van der Waals surface area contributed by atoms with Gasteiger partial charge in [-0.05, 0) is 42.6 Å². The molecule has 0 spiro atoms. The predicted molar refractivity (Wildman–Crippen MR) is 75.5 cm³/mol. The second kappa shape index (κ2) is 7.10. The molecule has 4 heteroatoms. The van der Waals surface area contributed by atoms with E-state index in [0.717, 1.165) is 24.6 Å². The third kappa shape index (κ3) is 4.10. The molecule has 0 bridgehead atoms. The van der Waals surface area contributed by atoms with Gasteiger partial charge in [0.15, 0.2) is 0 Å². The number of hydrogen-bond donors (Lipinski definition) is 1. The number of likely N-dealkylation sites (N-methyl/N-ethyl adjacent to an activating group) is 1. The van der Waals surface area contributed by atoms with Crippen molar-refractivity contribution in [1.82, 2.24) is 10.3 Å². The van der Waals surface area contributed by atoms with Crippen LogP contribution < -0.4 is 5.32 Å². The summed E-state index contributed by atoms with van der Waals surface area (Å²) >= 11 is 0. The second-order valence-electron chi connectivity index (χ2n) is 4.76. The van der Waals surface area contributed by atoms with Crippen molar-refractivity contribution in [2.45, 2.75) is 25.8 Å². The normalized spacial score (nSPS) is 12.3. The van der Waals surface area contributed by atoms with Gasteiger partial charge in [-0.3, -0.25) is 4.98 Å². The molecule has 0 saturated carbocycles. The number of rotatable bonds is 6. The van der Waals surface area contributed by atoms with Crippen LogP contribution in [0.4, 0.5) is 8.78 Å². The molecule has 1 unspecified atom stereocenters. The van der Waals surface area contributed by atoms with Gasteiger partial charge in [-0.2, -0.15) is 0 Å². The van der Waals surface area contributed by atoms with Gasteiger partial charge in [-0.1, -0.05) is 19.1 Å². The highest BCUT2D eigenvalue weighted by atomic mass is 19.1. The molecular weight excluding hydrogens is 258 g/mol. The molecule has 1 aromatic heterocycles. The van der Waals surface area contributed by atoms with E-state index >= 15 is 0 Å². The number of aromatic nitrogens is 1. The molecule has 1 atom stereocenters. The Morgan fingerprint density at radius 2 is 2.05 bits per heavy atom. The molecule has 2 aromatic rings. The molecule has 0 aliphatic carbocycles. The lowest BCUT2D eigenvalue weighted by atomic mass is 9.99. The molecule has 0 aliphatic heterocycles. The van der Waals surface area contributed by atoms with Crippen molar-refractivity contribution in [3.63, 3.8) is 0 Å². The number of pyridine rings is 1. The first-order chi connectivity index (χ1) is 9.69. The van der Waals surface area contributed by atoms with Crippen LogP contribution in [0.1, 0.15) is 18.1 Å². The van der Waals surface area contributed by atoms with Crippen molar-refractivity contribution >= 4 is 0 Å². The Kier molecular flexibility index (Phi) is 5.18. The summed E-state index contributed by atoms with van der Waals surface area (Å²) < 4.78 is 26.6. The molecule has 1 heterocycles. The van der Waals surface area contributed by atoms with Gasteiger partial charge in [-0.15, -0.1) is 0 Å². The van der Waals surface area contributed by atoms with Crippen molar-refractivity contribution in [1.29, 1.82) is 0 Å². The summed E-state index contributed by atoms with van der Waals surface area (Å²) in [7, 11) is 0. The van der Waals surface area contributed by atoms with E-state index in [1.165, 1.54) is 12.1 Å². The lowest BCUT2D eigenvalue weighted by Gasteiger charge is -2.18. The highest BCUT2D eigenvalue weighted by Crippen LogP contribution is 2.14. The molecule has 0 aliphatic rings. The first kappa shape index (κ1) is 14.6. The number of nitrogens with zero attached hydrogens (tertiary/aromatic N) is 1. The van der Waals surface area contributed by atoms with Crippen LogP contribution in [-0.4, -0.2) is 17.6 Å². The van der Waals surface area contributed by atoms with E-state index in [0.29, 0.717) is 12.0 Å². The molecule has 0 radical (unpaired) electrons. The Hall–Kier alpha value is -1.81.